The van der Waals surface area contributed by atoms with E-state index in [2.05, 4.69) is 0 Å². The van der Waals surface area contributed by atoms with Crippen LogP contribution >= 0.6 is 0 Å². The number of carbonyl (C=O) groups excluding carboxylic acids is 1. The fraction of sp³-hybridized carbons (Fsp3) is 0.917. The Kier molecular flexibility index (Phi) is 7.16. The number of carbonyl (C=O) groups is 1. The number of aliphatic hydroxyl groups excluding tert-OH is 1. The fourth-order valence-corrected chi connectivity index (χ4v) is 2.34. The van der Waals surface area contributed by atoms with Crippen LogP contribution in [0.15, 0.2) is 0 Å². The van der Waals surface area contributed by atoms with E-state index in [0.717, 1.165) is 12.8 Å². The van der Waals surface area contributed by atoms with Crippen LogP contribution in [0.5, 0.6) is 0 Å². The summed E-state index contributed by atoms with van der Waals surface area (Å²) in [6.07, 6.45) is 5.68. The largest absolute Gasteiger partial charge is 0.395 e. The van der Waals surface area contributed by atoms with Gasteiger partial charge in [0.25, 0.3) is 0 Å². The maximum absolute atomic E-state index is 12.0. The fourth-order valence-electron chi connectivity index (χ4n) is 2.34. The topological polar surface area (TPSA) is 75.8 Å². The first-order valence-electron chi connectivity index (χ1n) is 6.47. The van der Waals surface area contributed by atoms with Crippen molar-refractivity contribution in [1.82, 2.24) is 4.90 Å². The van der Waals surface area contributed by atoms with Gasteiger partial charge in [-0.1, -0.05) is 19.3 Å². The molecule has 1 saturated carbocycles. The Morgan fingerprint density at radius 3 is 2.65 bits per heavy atom. The standard InChI is InChI=1S/C12H24N2O3/c13-6-9-17-10-12(16)14(7-8-15)11-4-2-1-3-5-11/h11,15H,1-10,13H2. The highest BCUT2D eigenvalue weighted by molar-refractivity contribution is 5.77. The molecule has 0 bridgehead atoms. The molecule has 5 heteroatoms. The smallest absolute Gasteiger partial charge is 0.248 e. The lowest BCUT2D eigenvalue weighted by molar-refractivity contribution is -0.139. The molecule has 0 unspecified atom stereocenters. The van der Waals surface area contributed by atoms with Gasteiger partial charge in [0, 0.05) is 19.1 Å². The average Bonchev–Trinajstić information content (AvgIpc) is 2.37. The summed E-state index contributed by atoms with van der Waals surface area (Å²) in [5.74, 6) is -0.0283. The van der Waals surface area contributed by atoms with E-state index in [9.17, 15) is 4.79 Å². The average molecular weight is 244 g/mol. The molecule has 0 saturated heterocycles. The van der Waals surface area contributed by atoms with Gasteiger partial charge >= 0.3 is 0 Å². The van der Waals surface area contributed by atoms with Gasteiger partial charge in [-0.2, -0.15) is 0 Å². The third kappa shape index (κ3) is 5.02. The van der Waals surface area contributed by atoms with Gasteiger partial charge in [0.05, 0.1) is 13.2 Å². The Balaban J connectivity index is 2.42. The summed E-state index contributed by atoms with van der Waals surface area (Å²) in [6, 6.07) is 0.282. The second-order valence-corrected chi connectivity index (χ2v) is 4.44. The highest BCUT2D eigenvalue weighted by atomic mass is 16.5. The van der Waals surface area contributed by atoms with Gasteiger partial charge in [-0.05, 0) is 12.8 Å². The molecular weight excluding hydrogens is 220 g/mol. The van der Waals surface area contributed by atoms with Crippen molar-refractivity contribution in [1.29, 1.82) is 0 Å². The molecule has 3 N–H and O–H groups in total. The van der Waals surface area contributed by atoms with Crippen LogP contribution in [0.25, 0.3) is 0 Å². The molecule has 0 heterocycles. The second kappa shape index (κ2) is 8.44. The molecule has 0 atom stereocenters. The summed E-state index contributed by atoms with van der Waals surface area (Å²) in [7, 11) is 0. The van der Waals surface area contributed by atoms with Crippen LogP contribution in [0.2, 0.25) is 0 Å². The van der Waals surface area contributed by atoms with Crippen LogP contribution in [-0.4, -0.2) is 54.9 Å². The van der Waals surface area contributed by atoms with Crippen LogP contribution in [0, 0.1) is 0 Å². The minimum Gasteiger partial charge on any atom is -0.395 e. The number of ether oxygens (including phenoxy) is 1. The van der Waals surface area contributed by atoms with E-state index in [1.54, 1.807) is 4.90 Å². The zero-order valence-corrected chi connectivity index (χ0v) is 10.4. The molecule has 1 aliphatic rings. The number of rotatable bonds is 7. The lowest BCUT2D eigenvalue weighted by Crippen LogP contribution is -2.45. The Bertz CT molecular complexity index is 218. The van der Waals surface area contributed by atoms with Crippen molar-refractivity contribution < 1.29 is 14.6 Å². The van der Waals surface area contributed by atoms with Crippen molar-refractivity contribution in [3.63, 3.8) is 0 Å². The first kappa shape index (κ1) is 14.4. The van der Waals surface area contributed by atoms with Crippen LogP contribution in [-0.2, 0) is 9.53 Å². The third-order valence-electron chi connectivity index (χ3n) is 3.16. The summed E-state index contributed by atoms with van der Waals surface area (Å²) in [5, 5.41) is 9.03. The summed E-state index contributed by atoms with van der Waals surface area (Å²) in [4.78, 5) is 13.7. The van der Waals surface area contributed by atoms with Gasteiger partial charge in [-0.3, -0.25) is 4.79 Å². The highest BCUT2D eigenvalue weighted by Crippen LogP contribution is 2.22. The first-order chi connectivity index (χ1) is 8.29. The minimum absolute atomic E-state index is 0.0130. The first-order valence-corrected chi connectivity index (χ1v) is 6.47. The SMILES string of the molecule is NCCOCC(=O)N(CCO)C1CCCCC1. The predicted molar refractivity (Wildman–Crippen MR) is 65.5 cm³/mol. The molecule has 1 aliphatic carbocycles. The molecule has 0 aliphatic heterocycles. The number of hydrogen-bond acceptors (Lipinski definition) is 4. The van der Waals surface area contributed by atoms with E-state index >= 15 is 0 Å². The molecule has 1 rings (SSSR count). The third-order valence-corrected chi connectivity index (χ3v) is 3.16. The van der Waals surface area contributed by atoms with Crippen LogP contribution in [0.1, 0.15) is 32.1 Å². The van der Waals surface area contributed by atoms with Crippen molar-refractivity contribution in [3.05, 3.63) is 0 Å². The number of hydrogen-bond donors (Lipinski definition) is 2. The van der Waals surface area contributed by atoms with Crippen molar-refractivity contribution in [2.45, 2.75) is 38.1 Å². The number of nitrogens with two attached hydrogens (primary N) is 1. The molecule has 1 amide bonds. The van der Waals surface area contributed by atoms with Crippen molar-refractivity contribution in [2.24, 2.45) is 5.73 Å². The van der Waals surface area contributed by atoms with Crippen LogP contribution < -0.4 is 5.73 Å². The maximum Gasteiger partial charge on any atom is 0.248 e. The molecule has 17 heavy (non-hydrogen) atoms. The van der Waals surface area contributed by atoms with Gasteiger partial charge in [-0.25, -0.2) is 0 Å². The molecular formula is C12H24N2O3. The van der Waals surface area contributed by atoms with Crippen molar-refractivity contribution in [2.75, 3.05) is 32.9 Å². The van der Waals surface area contributed by atoms with Crippen LogP contribution in [0.3, 0.4) is 0 Å². The summed E-state index contributed by atoms with van der Waals surface area (Å²) >= 11 is 0. The minimum atomic E-state index is -0.0283. The Morgan fingerprint density at radius 2 is 2.06 bits per heavy atom. The number of nitrogens with zero attached hydrogens (tertiary/aromatic N) is 1. The van der Waals surface area contributed by atoms with Gasteiger partial charge in [-0.15, -0.1) is 0 Å². The van der Waals surface area contributed by atoms with Gasteiger partial charge in [0.2, 0.25) is 5.91 Å². The van der Waals surface area contributed by atoms with E-state index in [-0.39, 0.29) is 25.2 Å². The van der Waals surface area contributed by atoms with Crippen molar-refractivity contribution in [3.8, 4) is 0 Å². The number of aliphatic hydroxyl groups is 1. The van der Waals surface area contributed by atoms with E-state index in [4.69, 9.17) is 15.6 Å². The monoisotopic (exact) mass is 244 g/mol. The maximum atomic E-state index is 12.0. The normalized spacial score (nSPS) is 17.1. The Hall–Kier alpha value is -0.650. The zero-order valence-electron chi connectivity index (χ0n) is 10.4. The Labute approximate surface area is 103 Å². The summed E-state index contributed by atoms with van der Waals surface area (Å²) < 4.78 is 5.16. The van der Waals surface area contributed by atoms with Gasteiger partial charge < -0.3 is 20.5 Å². The number of amides is 1. The van der Waals surface area contributed by atoms with E-state index < -0.39 is 0 Å². The second-order valence-electron chi connectivity index (χ2n) is 4.44. The van der Waals surface area contributed by atoms with Gasteiger partial charge in [0.1, 0.15) is 6.61 Å². The van der Waals surface area contributed by atoms with Crippen LogP contribution in [0.4, 0.5) is 0 Å². The molecule has 0 spiro atoms. The highest BCUT2D eigenvalue weighted by Gasteiger charge is 2.24. The summed E-state index contributed by atoms with van der Waals surface area (Å²) in [6.45, 7) is 1.34. The van der Waals surface area contributed by atoms with E-state index in [0.29, 0.717) is 19.7 Å². The molecule has 0 aromatic rings. The van der Waals surface area contributed by atoms with Gasteiger partial charge in [0.15, 0.2) is 0 Å². The predicted octanol–water partition coefficient (Wildman–Crippen LogP) is 0.115. The molecule has 0 aromatic heterocycles. The molecule has 0 radical (unpaired) electrons. The molecule has 100 valence electrons. The lowest BCUT2D eigenvalue weighted by atomic mass is 9.94. The quantitative estimate of drug-likeness (QED) is 0.624. The molecule has 1 fully saturated rings. The Morgan fingerprint density at radius 1 is 1.35 bits per heavy atom. The van der Waals surface area contributed by atoms with E-state index in [1.807, 2.05) is 0 Å². The zero-order chi connectivity index (χ0) is 12.5. The van der Waals surface area contributed by atoms with E-state index in [1.165, 1.54) is 19.3 Å². The molecule has 0 aromatic carbocycles. The summed E-state index contributed by atoms with van der Waals surface area (Å²) in [5.41, 5.74) is 5.30. The molecule has 5 nitrogen and oxygen atoms in total. The van der Waals surface area contributed by atoms with Crippen molar-refractivity contribution >= 4 is 5.91 Å². The lowest BCUT2D eigenvalue weighted by Gasteiger charge is -2.34.